The first-order valence-electron chi connectivity index (χ1n) is 9.37. The van der Waals surface area contributed by atoms with E-state index >= 15 is 0 Å². The fourth-order valence-corrected chi connectivity index (χ4v) is 3.33. The number of hydrogen-bond donors (Lipinski definition) is 2. The molecule has 7 nitrogen and oxygen atoms in total. The van der Waals surface area contributed by atoms with Crippen LogP contribution < -0.4 is 20.1 Å². The van der Waals surface area contributed by atoms with Gasteiger partial charge in [-0.1, -0.05) is 17.7 Å². The van der Waals surface area contributed by atoms with E-state index in [4.69, 9.17) is 9.47 Å². The quantitative estimate of drug-likeness (QED) is 0.695. The Balaban J connectivity index is 1.46. The molecule has 0 atom stereocenters. The Morgan fingerprint density at radius 1 is 0.931 bits per heavy atom. The summed E-state index contributed by atoms with van der Waals surface area (Å²) in [5.41, 5.74) is 5.04. The molecule has 1 aromatic heterocycles. The minimum absolute atomic E-state index is 0.247. The molecule has 0 aliphatic carbocycles. The first-order chi connectivity index (χ1) is 14.0. The highest BCUT2D eigenvalue weighted by Crippen LogP contribution is 2.33. The number of rotatable bonds is 4. The van der Waals surface area contributed by atoms with E-state index in [0.717, 1.165) is 33.8 Å². The standard InChI is InChI=1S/C22H22N4O3/c1-13-8-14(2)21(15(3)9-13)26-22(27)17-11-24-20(12-23-17)25-16-4-5-18-19(10-16)29-7-6-28-18/h4-5,8-12H,6-7H2,1-3H3,(H,24,25)(H,26,27). The summed E-state index contributed by atoms with van der Waals surface area (Å²) >= 11 is 0. The van der Waals surface area contributed by atoms with Crippen molar-refractivity contribution in [2.75, 3.05) is 23.8 Å². The smallest absolute Gasteiger partial charge is 0.275 e. The van der Waals surface area contributed by atoms with E-state index in [2.05, 4.69) is 20.6 Å². The van der Waals surface area contributed by atoms with Crippen molar-refractivity contribution < 1.29 is 14.3 Å². The highest BCUT2D eigenvalue weighted by molar-refractivity contribution is 6.03. The second-order valence-corrected chi connectivity index (χ2v) is 7.00. The molecular weight excluding hydrogens is 368 g/mol. The fraction of sp³-hybridized carbons (Fsp3) is 0.227. The van der Waals surface area contributed by atoms with Gasteiger partial charge in [-0.15, -0.1) is 0 Å². The normalized spacial score (nSPS) is 12.4. The van der Waals surface area contributed by atoms with E-state index in [1.807, 2.05) is 51.1 Å². The van der Waals surface area contributed by atoms with E-state index in [0.29, 0.717) is 24.8 Å². The summed E-state index contributed by atoms with van der Waals surface area (Å²) in [7, 11) is 0. The second-order valence-electron chi connectivity index (χ2n) is 7.00. The number of nitrogens with one attached hydrogen (secondary N) is 2. The molecule has 0 fully saturated rings. The van der Waals surface area contributed by atoms with Crippen molar-refractivity contribution in [3.63, 3.8) is 0 Å². The Hall–Kier alpha value is -3.61. The van der Waals surface area contributed by atoms with Crippen molar-refractivity contribution in [3.8, 4) is 11.5 Å². The maximum absolute atomic E-state index is 12.6. The van der Waals surface area contributed by atoms with Gasteiger partial charge in [-0.3, -0.25) is 4.79 Å². The SMILES string of the molecule is Cc1cc(C)c(NC(=O)c2cnc(Nc3ccc4c(c3)OCCO4)cn2)c(C)c1. The topological polar surface area (TPSA) is 85.4 Å². The number of amides is 1. The Morgan fingerprint density at radius 3 is 2.34 bits per heavy atom. The molecule has 0 unspecified atom stereocenters. The van der Waals surface area contributed by atoms with Gasteiger partial charge < -0.3 is 20.1 Å². The number of aryl methyl sites for hydroxylation is 3. The Bertz CT molecular complexity index is 1040. The van der Waals surface area contributed by atoms with Crippen molar-refractivity contribution in [2.45, 2.75) is 20.8 Å². The lowest BCUT2D eigenvalue weighted by atomic mass is 10.1. The molecule has 1 amide bonds. The Morgan fingerprint density at radius 2 is 1.66 bits per heavy atom. The second kappa shape index (κ2) is 7.79. The predicted octanol–water partition coefficient (Wildman–Crippen LogP) is 4.17. The van der Waals surface area contributed by atoms with Crippen LogP contribution in [0.2, 0.25) is 0 Å². The summed E-state index contributed by atoms with van der Waals surface area (Å²) in [6.45, 7) is 7.06. The van der Waals surface area contributed by atoms with Crippen molar-refractivity contribution in [3.05, 3.63) is 65.1 Å². The van der Waals surface area contributed by atoms with Crippen LogP contribution >= 0.6 is 0 Å². The lowest BCUT2D eigenvalue weighted by molar-refractivity contribution is 0.102. The summed E-state index contributed by atoms with van der Waals surface area (Å²) in [4.78, 5) is 21.1. The Labute approximate surface area is 169 Å². The number of nitrogens with zero attached hydrogens (tertiary/aromatic N) is 2. The minimum Gasteiger partial charge on any atom is -0.486 e. The number of benzene rings is 2. The fourth-order valence-electron chi connectivity index (χ4n) is 3.33. The van der Waals surface area contributed by atoms with Crippen molar-refractivity contribution in [2.24, 2.45) is 0 Å². The van der Waals surface area contributed by atoms with Crippen molar-refractivity contribution in [1.82, 2.24) is 9.97 Å². The van der Waals surface area contributed by atoms with Gasteiger partial charge in [0.05, 0.1) is 12.4 Å². The van der Waals surface area contributed by atoms with E-state index in [-0.39, 0.29) is 11.6 Å². The molecule has 1 aliphatic rings. The molecule has 2 aromatic carbocycles. The number of ether oxygens (including phenoxy) is 2. The molecule has 7 heteroatoms. The molecule has 2 N–H and O–H groups in total. The van der Waals surface area contributed by atoms with Crippen molar-refractivity contribution in [1.29, 1.82) is 0 Å². The third-order valence-electron chi connectivity index (χ3n) is 4.61. The maximum atomic E-state index is 12.6. The van der Waals surface area contributed by atoms with Crippen LogP contribution in [0.25, 0.3) is 0 Å². The lowest BCUT2D eigenvalue weighted by Crippen LogP contribution is -2.16. The van der Waals surface area contributed by atoms with Gasteiger partial charge in [0.2, 0.25) is 0 Å². The molecule has 0 spiro atoms. The van der Waals surface area contributed by atoms with Crippen LogP contribution in [0.1, 0.15) is 27.2 Å². The average molecular weight is 390 g/mol. The van der Waals surface area contributed by atoms with Gasteiger partial charge >= 0.3 is 0 Å². The van der Waals surface area contributed by atoms with E-state index < -0.39 is 0 Å². The van der Waals surface area contributed by atoms with Gasteiger partial charge in [-0.25, -0.2) is 9.97 Å². The number of carbonyl (C=O) groups is 1. The highest BCUT2D eigenvalue weighted by Gasteiger charge is 2.14. The first kappa shape index (κ1) is 18.7. The number of anilines is 3. The summed E-state index contributed by atoms with van der Waals surface area (Å²) < 4.78 is 11.1. The van der Waals surface area contributed by atoms with E-state index in [1.54, 1.807) is 0 Å². The summed E-state index contributed by atoms with van der Waals surface area (Å²) in [6.07, 6.45) is 2.98. The van der Waals surface area contributed by atoms with Gasteiger partial charge in [0, 0.05) is 17.4 Å². The van der Waals surface area contributed by atoms with Crippen LogP contribution in [0, 0.1) is 20.8 Å². The van der Waals surface area contributed by atoms with Gasteiger partial charge in [-0.05, 0) is 44.0 Å². The number of carbonyl (C=O) groups excluding carboxylic acids is 1. The van der Waals surface area contributed by atoms with E-state index in [1.165, 1.54) is 12.4 Å². The molecule has 2 heterocycles. The average Bonchev–Trinajstić information content (AvgIpc) is 2.71. The highest BCUT2D eigenvalue weighted by atomic mass is 16.6. The molecule has 4 rings (SSSR count). The largest absolute Gasteiger partial charge is 0.486 e. The molecule has 0 saturated heterocycles. The zero-order valence-corrected chi connectivity index (χ0v) is 16.6. The van der Waals surface area contributed by atoms with E-state index in [9.17, 15) is 4.79 Å². The summed E-state index contributed by atoms with van der Waals surface area (Å²) in [6, 6.07) is 9.64. The van der Waals surface area contributed by atoms with Crippen LogP contribution in [0.4, 0.5) is 17.2 Å². The number of hydrogen-bond acceptors (Lipinski definition) is 6. The summed E-state index contributed by atoms with van der Waals surface area (Å²) in [5, 5.41) is 6.09. The number of aromatic nitrogens is 2. The van der Waals surface area contributed by atoms with Gasteiger partial charge in [-0.2, -0.15) is 0 Å². The maximum Gasteiger partial charge on any atom is 0.275 e. The lowest BCUT2D eigenvalue weighted by Gasteiger charge is -2.19. The van der Waals surface area contributed by atoms with Gasteiger partial charge in [0.15, 0.2) is 11.5 Å². The van der Waals surface area contributed by atoms with Crippen LogP contribution in [0.15, 0.2) is 42.7 Å². The predicted molar refractivity (Wildman–Crippen MR) is 111 cm³/mol. The minimum atomic E-state index is -0.293. The first-order valence-corrected chi connectivity index (χ1v) is 9.37. The molecule has 29 heavy (non-hydrogen) atoms. The monoisotopic (exact) mass is 390 g/mol. The number of fused-ring (bicyclic) bond motifs is 1. The van der Waals surface area contributed by atoms with Crippen LogP contribution in [0.5, 0.6) is 11.5 Å². The molecule has 0 radical (unpaired) electrons. The molecule has 1 aliphatic heterocycles. The molecular formula is C22H22N4O3. The van der Waals surface area contributed by atoms with Gasteiger partial charge in [0.1, 0.15) is 24.7 Å². The van der Waals surface area contributed by atoms with Crippen LogP contribution in [-0.4, -0.2) is 29.1 Å². The third kappa shape index (κ3) is 4.13. The van der Waals surface area contributed by atoms with Gasteiger partial charge in [0.25, 0.3) is 5.91 Å². The molecule has 0 saturated carbocycles. The molecule has 3 aromatic rings. The molecule has 148 valence electrons. The third-order valence-corrected chi connectivity index (χ3v) is 4.61. The zero-order valence-electron chi connectivity index (χ0n) is 16.6. The zero-order chi connectivity index (χ0) is 20.4. The summed E-state index contributed by atoms with van der Waals surface area (Å²) in [5.74, 6) is 1.65. The Kier molecular flexibility index (Phi) is 5.03. The molecule has 0 bridgehead atoms. The van der Waals surface area contributed by atoms with Crippen LogP contribution in [-0.2, 0) is 0 Å². The van der Waals surface area contributed by atoms with Crippen LogP contribution in [0.3, 0.4) is 0 Å². The van der Waals surface area contributed by atoms with Crippen molar-refractivity contribution >= 4 is 23.1 Å².